The van der Waals surface area contributed by atoms with Crippen molar-refractivity contribution in [2.24, 2.45) is 0 Å². The molecule has 8 heteroatoms. The van der Waals surface area contributed by atoms with E-state index in [0.29, 0.717) is 18.2 Å². The van der Waals surface area contributed by atoms with Gasteiger partial charge in [0.15, 0.2) is 9.84 Å². The zero-order valence-electron chi connectivity index (χ0n) is 15.4. The van der Waals surface area contributed by atoms with Gasteiger partial charge in [-0.25, -0.2) is 18.4 Å². The standard InChI is InChI=1S/C18H25N5O2S/c1-13-6-4-9-20-15(13)12-23(2)18-21-11-16(26(3,24)25)17(22-18)14-7-5-8-19-10-14/h4,6,9,11,14,19H,5,7-8,10,12H2,1-3H3. The summed E-state index contributed by atoms with van der Waals surface area (Å²) in [7, 11) is -1.48. The Morgan fingerprint density at radius 1 is 1.35 bits per heavy atom. The van der Waals surface area contributed by atoms with E-state index in [0.717, 1.165) is 37.2 Å². The number of nitrogens with zero attached hydrogens (tertiary/aromatic N) is 4. The second-order valence-electron chi connectivity index (χ2n) is 6.86. The van der Waals surface area contributed by atoms with Crippen LogP contribution in [0.5, 0.6) is 0 Å². The summed E-state index contributed by atoms with van der Waals surface area (Å²) in [6.07, 6.45) is 6.36. The van der Waals surface area contributed by atoms with Gasteiger partial charge in [-0.15, -0.1) is 0 Å². The Bertz CT molecular complexity index is 879. The molecule has 1 unspecified atom stereocenters. The second-order valence-corrected chi connectivity index (χ2v) is 8.84. The molecule has 0 spiro atoms. The average Bonchev–Trinajstić information content (AvgIpc) is 2.63. The van der Waals surface area contributed by atoms with Crippen molar-refractivity contribution < 1.29 is 8.42 Å². The number of hydrogen-bond donors (Lipinski definition) is 1. The van der Waals surface area contributed by atoms with Crippen LogP contribution in [0.3, 0.4) is 0 Å². The second kappa shape index (κ2) is 7.67. The van der Waals surface area contributed by atoms with Crippen LogP contribution in [-0.2, 0) is 16.4 Å². The minimum atomic E-state index is -3.37. The molecule has 3 heterocycles. The number of anilines is 1. The van der Waals surface area contributed by atoms with Crippen molar-refractivity contribution in [3.05, 3.63) is 41.5 Å². The molecule has 1 atom stereocenters. The molecule has 0 aliphatic carbocycles. The van der Waals surface area contributed by atoms with Gasteiger partial charge in [0.1, 0.15) is 4.90 Å². The summed E-state index contributed by atoms with van der Waals surface area (Å²) >= 11 is 0. The van der Waals surface area contributed by atoms with Crippen LogP contribution in [-0.4, -0.2) is 49.8 Å². The van der Waals surface area contributed by atoms with E-state index in [1.165, 1.54) is 12.5 Å². The van der Waals surface area contributed by atoms with Crippen molar-refractivity contribution >= 4 is 15.8 Å². The summed E-state index contributed by atoms with van der Waals surface area (Å²) in [6.45, 7) is 4.28. The van der Waals surface area contributed by atoms with Crippen LogP contribution in [0.15, 0.2) is 29.4 Å². The maximum absolute atomic E-state index is 12.2. The van der Waals surface area contributed by atoms with E-state index >= 15 is 0 Å². The van der Waals surface area contributed by atoms with Crippen LogP contribution >= 0.6 is 0 Å². The van der Waals surface area contributed by atoms with E-state index in [9.17, 15) is 8.42 Å². The lowest BCUT2D eigenvalue weighted by Crippen LogP contribution is -2.30. The first-order chi connectivity index (χ1) is 12.4. The molecule has 2 aromatic rings. The molecule has 0 saturated carbocycles. The van der Waals surface area contributed by atoms with Crippen LogP contribution in [0.2, 0.25) is 0 Å². The highest BCUT2D eigenvalue weighted by Crippen LogP contribution is 2.28. The van der Waals surface area contributed by atoms with Gasteiger partial charge in [0.05, 0.1) is 24.1 Å². The largest absolute Gasteiger partial charge is 0.338 e. The highest BCUT2D eigenvalue weighted by atomic mass is 32.2. The Kier molecular flexibility index (Phi) is 5.52. The van der Waals surface area contributed by atoms with Gasteiger partial charge < -0.3 is 10.2 Å². The fourth-order valence-corrected chi connectivity index (χ4v) is 4.04. The van der Waals surface area contributed by atoms with E-state index < -0.39 is 9.84 Å². The molecule has 1 aliphatic rings. The molecule has 1 aliphatic heterocycles. The van der Waals surface area contributed by atoms with Gasteiger partial charge in [0, 0.05) is 32.0 Å². The van der Waals surface area contributed by atoms with E-state index in [1.807, 2.05) is 31.0 Å². The Hall–Kier alpha value is -2.06. The number of rotatable bonds is 5. The normalized spacial score (nSPS) is 17.9. The smallest absolute Gasteiger partial charge is 0.225 e. The van der Waals surface area contributed by atoms with Crippen LogP contribution in [0.1, 0.15) is 35.7 Å². The SMILES string of the molecule is Cc1cccnc1CN(C)c1ncc(S(C)(=O)=O)c(C2CCCNC2)n1. The average molecular weight is 375 g/mol. The van der Waals surface area contributed by atoms with Gasteiger partial charge in [-0.2, -0.15) is 0 Å². The topological polar surface area (TPSA) is 88.1 Å². The molecule has 2 aromatic heterocycles. The quantitative estimate of drug-likeness (QED) is 0.851. The van der Waals surface area contributed by atoms with E-state index in [-0.39, 0.29) is 10.8 Å². The molecular formula is C18H25N5O2S. The third kappa shape index (κ3) is 4.19. The number of sulfone groups is 1. The van der Waals surface area contributed by atoms with Gasteiger partial charge in [0.2, 0.25) is 5.95 Å². The summed E-state index contributed by atoms with van der Waals surface area (Å²) in [6, 6.07) is 3.92. The molecule has 0 bridgehead atoms. The molecule has 140 valence electrons. The van der Waals surface area contributed by atoms with Crippen molar-refractivity contribution in [2.45, 2.75) is 37.1 Å². The summed E-state index contributed by atoms with van der Waals surface area (Å²) in [4.78, 5) is 15.5. The molecule has 0 amide bonds. The molecule has 1 N–H and O–H groups in total. The first kappa shape index (κ1) is 18.7. The molecule has 0 radical (unpaired) electrons. The third-order valence-electron chi connectivity index (χ3n) is 4.70. The van der Waals surface area contributed by atoms with Crippen LogP contribution in [0.25, 0.3) is 0 Å². The van der Waals surface area contributed by atoms with E-state index in [4.69, 9.17) is 0 Å². The first-order valence-corrected chi connectivity index (χ1v) is 10.6. The first-order valence-electron chi connectivity index (χ1n) is 8.75. The lowest BCUT2D eigenvalue weighted by Gasteiger charge is -2.25. The highest BCUT2D eigenvalue weighted by molar-refractivity contribution is 7.90. The fourth-order valence-electron chi connectivity index (χ4n) is 3.20. The number of pyridine rings is 1. The maximum Gasteiger partial charge on any atom is 0.225 e. The Balaban J connectivity index is 1.94. The zero-order chi connectivity index (χ0) is 18.7. The molecule has 7 nitrogen and oxygen atoms in total. The van der Waals surface area contributed by atoms with Crippen molar-refractivity contribution in [2.75, 3.05) is 31.3 Å². The van der Waals surface area contributed by atoms with Crippen LogP contribution < -0.4 is 10.2 Å². The number of nitrogens with one attached hydrogen (secondary N) is 1. The predicted molar refractivity (Wildman–Crippen MR) is 101 cm³/mol. The third-order valence-corrected chi connectivity index (χ3v) is 5.81. The summed E-state index contributed by atoms with van der Waals surface area (Å²) in [5.74, 6) is 0.600. The van der Waals surface area contributed by atoms with Crippen molar-refractivity contribution in [3.63, 3.8) is 0 Å². The van der Waals surface area contributed by atoms with E-state index in [1.54, 1.807) is 6.20 Å². The monoisotopic (exact) mass is 375 g/mol. The summed E-state index contributed by atoms with van der Waals surface area (Å²) in [5, 5.41) is 3.33. The molecule has 3 rings (SSSR count). The predicted octanol–water partition coefficient (Wildman–Crippen LogP) is 1.69. The molecule has 1 fully saturated rings. The van der Waals surface area contributed by atoms with Crippen LogP contribution in [0, 0.1) is 6.92 Å². The van der Waals surface area contributed by atoms with Gasteiger partial charge in [-0.05, 0) is 37.9 Å². The van der Waals surface area contributed by atoms with Crippen LogP contribution in [0.4, 0.5) is 5.95 Å². The van der Waals surface area contributed by atoms with Crippen molar-refractivity contribution in [3.8, 4) is 0 Å². The van der Waals surface area contributed by atoms with E-state index in [2.05, 4.69) is 20.3 Å². The number of hydrogen-bond acceptors (Lipinski definition) is 7. The fraction of sp³-hybridized carbons (Fsp3) is 0.500. The molecular weight excluding hydrogens is 350 g/mol. The number of piperidine rings is 1. The Morgan fingerprint density at radius 2 is 2.15 bits per heavy atom. The van der Waals surface area contributed by atoms with Crippen molar-refractivity contribution in [1.29, 1.82) is 0 Å². The van der Waals surface area contributed by atoms with Gasteiger partial charge >= 0.3 is 0 Å². The Labute approximate surface area is 154 Å². The maximum atomic E-state index is 12.2. The summed E-state index contributed by atoms with van der Waals surface area (Å²) < 4.78 is 24.4. The zero-order valence-corrected chi connectivity index (χ0v) is 16.3. The Morgan fingerprint density at radius 3 is 2.81 bits per heavy atom. The van der Waals surface area contributed by atoms with Gasteiger partial charge in [0.25, 0.3) is 0 Å². The lowest BCUT2D eigenvalue weighted by molar-refractivity contribution is 0.447. The summed E-state index contributed by atoms with van der Waals surface area (Å²) in [5.41, 5.74) is 2.67. The number of aryl methyl sites for hydroxylation is 1. The van der Waals surface area contributed by atoms with Crippen molar-refractivity contribution in [1.82, 2.24) is 20.3 Å². The minimum absolute atomic E-state index is 0.0835. The highest BCUT2D eigenvalue weighted by Gasteiger charge is 2.26. The molecule has 26 heavy (non-hydrogen) atoms. The van der Waals surface area contributed by atoms with Gasteiger partial charge in [-0.1, -0.05) is 6.07 Å². The molecule has 0 aromatic carbocycles. The minimum Gasteiger partial charge on any atom is -0.338 e. The lowest BCUT2D eigenvalue weighted by atomic mass is 9.96. The molecule has 1 saturated heterocycles. The van der Waals surface area contributed by atoms with Gasteiger partial charge in [-0.3, -0.25) is 4.98 Å². The number of aromatic nitrogens is 3.